The Morgan fingerprint density at radius 2 is 2.00 bits per heavy atom. The molecule has 31 heavy (non-hydrogen) atoms. The quantitative estimate of drug-likeness (QED) is 0.775. The molecule has 1 fully saturated rings. The normalized spacial score (nSPS) is 25.8. The number of anilines is 1. The van der Waals surface area contributed by atoms with Crippen LogP contribution in [0.2, 0.25) is 0 Å². The summed E-state index contributed by atoms with van der Waals surface area (Å²) in [5.74, 6) is 1.38. The second-order valence-corrected chi connectivity index (χ2v) is 9.11. The van der Waals surface area contributed by atoms with Crippen LogP contribution in [0.3, 0.4) is 0 Å². The summed E-state index contributed by atoms with van der Waals surface area (Å²) < 4.78 is 12.0. The fourth-order valence-electron chi connectivity index (χ4n) is 4.06. The van der Waals surface area contributed by atoms with Crippen molar-refractivity contribution >= 4 is 17.5 Å². The van der Waals surface area contributed by atoms with Gasteiger partial charge < -0.3 is 19.7 Å². The number of ether oxygens (including phenoxy) is 2. The van der Waals surface area contributed by atoms with Gasteiger partial charge in [0, 0.05) is 58.0 Å². The van der Waals surface area contributed by atoms with Crippen molar-refractivity contribution in [2.75, 3.05) is 45.7 Å². The molecule has 3 rings (SSSR count). The number of carbonyl (C=O) groups is 2. The predicted molar refractivity (Wildman–Crippen MR) is 122 cm³/mol. The summed E-state index contributed by atoms with van der Waals surface area (Å²) in [6.45, 7) is 9.14. The first-order chi connectivity index (χ1) is 14.8. The van der Waals surface area contributed by atoms with Gasteiger partial charge in [-0.1, -0.05) is 13.8 Å². The SMILES string of the molecule is CCC(=O)Nc1ccc2c(c1)OC[C@H](C)N(CC1CC1)C[C@H](C)[C@H](OC)CN(C)C2=O. The van der Waals surface area contributed by atoms with Gasteiger partial charge in [-0.2, -0.15) is 0 Å². The highest BCUT2D eigenvalue weighted by Gasteiger charge is 2.31. The van der Waals surface area contributed by atoms with Crippen molar-refractivity contribution in [2.24, 2.45) is 11.8 Å². The summed E-state index contributed by atoms with van der Waals surface area (Å²) in [4.78, 5) is 29.2. The van der Waals surface area contributed by atoms with E-state index in [0.717, 1.165) is 19.0 Å². The first kappa shape index (κ1) is 23.5. The number of nitrogens with zero attached hydrogens (tertiary/aromatic N) is 2. The minimum Gasteiger partial charge on any atom is -0.491 e. The zero-order valence-electron chi connectivity index (χ0n) is 19.5. The van der Waals surface area contributed by atoms with Crippen LogP contribution in [0.15, 0.2) is 18.2 Å². The van der Waals surface area contributed by atoms with E-state index in [1.54, 1.807) is 44.2 Å². The van der Waals surface area contributed by atoms with Crippen LogP contribution in [0, 0.1) is 11.8 Å². The number of benzene rings is 1. The van der Waals surface area contributed by atoms with E-state index in [0.29, 0.717) is 36.6 Å². The van der Waals surface area contributed by atoms with Gasteiger partial charge in [-0.3, -0.25) is 14.5 Å². The maximum Gasteiger partial charge on any atom is 0.257 e. The highest BCUT2D eigenvalue weighted by molar-refractivity contribution is 5.98. The van der Waals surface area contributed by atoms with E-state index in [4.69, 9.17) is 9.47 Å². The molecule has 1 saturated carbocycles. The van der Waals surface area contributed by atoms with Gasteiger partial charge in [-0.25, -0.2) is 0 Å². The Morgan fingerprint density at radius 1 is 1.26 bits per heavy atom. The number of rotatable bonds is 5. The lowest BCUT2D eigenvalue weighted by Crippen LogP contribution is -2.47. The van der Waals surface area contributed by atoms with Gasteiger partial charge in [0.1, 0.15) is 12.4 Å². The second-order valence-electron chi connectivity index (χ2n) is 9.11. The summed E-state index contributed by atoms with van der Waals surface area (Å²) in [6.07, 6.45) is 2.94. The van der Waals surface area contributed by atoms with Crippen LogP contribution in [0.25, 0.3) is 0 Å². The Kier molecular flexibility index (Phi) is 7.94. The average molecular weight is 432 g/mol. The maximum absolute atomic E-state index is 13.2. The number of hydrogen-bond donors (Lipinski definition) is 1. The van der Waals surface area contributed by atoms with E-state index in [-0.39, 0.29) is 29.9 Å². The minimum absolute atomic E-state index is 0.0465. The van der Waals surface area contributed by atoms with Gasteiger partial charge >= 0.3 is 0 Å². The number of fused-ring (bicyclic) bond motifs is 1. The molecule has 0 unspecified atom stereocenters. The van der Waals surface area contributed by atoms with E-state index >= 15 is 0 Å². The fourth-order valence-corrected chi connectivity index (χ4v) is 4.06. The summed E-state index contributed by atoms with van der Waals surface area (Å²) in [6, 6.07) is 5.46. The molecule has 0 saturated heterocycles. The zero-order chi connectivity index (χ0) is 22.5. The van der Waals surface area contributed by atoms with Crippen LogP contribution in [0.1, 0.15) is 50.4 Å². The first-order valence-electron chi connectivity index (χ1n) is 11.4. The molecule has 0 aromatic heterocycles. The maximum atomic E-state index is 13.2. The minimum atomic E-state index is -0.110. The Hall–Kier alpha value is -2.12. The molecule has 1 aromatic rings. The number of amides is 2. The molecule has 1 aromatic carbocycles. The second kappa shape index (κ2) is 10.5. The lowest BCUT2D eigenvalue weighted by Gasteiger charge is -2.36. The van der Waals surface area contributed by atoms with Crippen LogP contribution in [-0.4, -0.2) is 74.2 Å². The van der Waals surface area contributed by atoms with Crippen LogP contribution in [-0.2, 0) is 9.53 Å². The molecule has 7 nitrogen and oxygen atoms in total. The van der Waals surface area contributed by atoms with Gasteiger partial charge in [0.2, 0.25) is 5.91 Å². The topological polar surface area (TPSA) is 71.1 Å². The smallest absolute Gasteiger partial charge is 0.257 e. The third-order valence-electron chi connectivity index (χ3n) is 6.37. The van der Waals surface area contributed by atoms with E-state index in [1.165, 1.54) is 12.8 Å². The largest absolute Gasteiger partial charge is 0.491 e. The van der Waals surface area contributed by atoms with Crippen molar-refractivity contribution < 1.29 is 19.1 Å². The van der Waals surface area contributed by atoms with Gasteiger partial charge in [-0.05, 0) is 43.7 Å². The van der Waals surface area contributed by atoms with Crippen LogP contribution in [0.5, 0.6) is 5.75 Å². The highest BCUT2D eigenvalue weighted by Crippen LogP contribution is 2.32. The van der Waals surface area contributed by atoms with Crippen molar-refractivity contribution in [3.05, 3.63) is 23.8 Å². The highest BCUT2D eigenvalue weighted by atomic mass is 16.5. The monoisotopic (exact) mass is 431 g/mol. The third-order valence-corrected chi connectivity index (χ3v) is 6.37. The zero-order valence-corrected chi connectivity index (χ0v) is 19.5. The third kappa shape index (κ3) is 6.20. The number of nitrogens with one attached hydrogen (secondary N) is 1. The van der Waals surface area contributed by atoms with Crippen LogP contribution in [0.4, 0.5) is 5.69 Å². The molecule has 1 aliphatic carbocycles. The molecule has 3 atom stereocenters. The van der Waals surface area contributed by atoms with Gasteiger partial charge in [0.05, 0.1) is 11.7 Å². The fraction of sp³-hybridized carbons (Fsp3) is 0.667. The number of hydrogen-bond acceptors (Lipinski definition) is 5. The van der Waals surface area contributed by atoms with Crippen molar-refractivity contribution in [1.29, 1.82) is 0 Å². The molecular formula is C24H37N3O4. The summed E-state index contributed by atoms with van der Waals surface area (Å²) in [5, 5.41) is 2.86. The van der Waals surface area contributed by atoms with E-state index in [2.05, 4.69) is 24.1 Å². The molecule has 1 heterocycles. The molecular weight excluding hydrogens is 394 g/mol. The number of likely N-dealkylation sites (N-methyl/N-ethyl adjacent to an activating group) is 1. The van der Waals surface area contributed by atoms with Crippen molar-refractivity contribution in [2.45, 2.75) is 52.2 Å². The van der Waals surface area contributed by atoms with Gasteiger partial charge in [0.25, 0.3) is 5.91 Å². The van der Waals surface area contributed by atoms with Gasteiger partial charge in [-0.15, -0.1) is 0 Å². The predicted octanol–water partition coefficient (Wildman–Crippen LogP) is 3.25. The molecule has 172 valence electrons. The summed E-state index contributed by atoms with van der Waals surface area (Å²) >= 11 is 0. The molecule has 7 heteroatoms. The first-order valence-corrected chi connectivity index (χ1v) is 11.4. The Bertz CT molecular complexity index is 780. The molecule has 0 radical (unpaired) electrons. The summed E-state index contributed by atoms with van der Waals surface area (Å²) in [5.41, 5.74) is 1.14. The molecule has 0 spiro atoms. The molecule has 2 amide bonds. The standard InChI is InChI=1S/C24H37N3O4/c1-6-23(28)25-19-9-10-20-21(11-19)31-15-17(3)27(13-18-7-8-18)12-16(2)22(30-5)14-26(4)24(20)29/h9-11,16-18,22H,6-8,12-15H2,1-5H3,(H,25,28)/t16-,17-,22+/m0/s1. The van der Waals surface area contributed by atoms with Crippen molar-refractivity contribution in [3.63, 3.8) is 0 Å². The molecule has 0 bridgehead atoms. The molecule has 1 N–H and O–H groups in total. The average Bonchev–Trinajstić information content (AvgIpc) is 3.58. The Balaban J connectivity index is 1.90. The number of carbonyl (C=O) groups excluding carboxylic acids is 2. The Labute approximate surface area is 186 Å². The van der Waals surface area contributed by atoms with E-state index in [1.807, 2.05) is 0 Å². The van der Waals surface area contributed by atoms with E-state index < -0.39 is 0 Å². The van der Waals surface area contributed by atoms with E-state index in [9.17, 15) is 9.59 Å². The summed E-state index contributed by atoms with van der Waals surface area (Å²) in [7, 11) is 3.52. The van der Waals surface area contributed by atoms with Crippen LogP contribution >= 0.6 is 0 Å². The lowest BCUT2D eigenvalue weighted by molar-refractivity contribution is -0.115. The van der Waals surface area contributed by atoms with Gasteiger partial charge in [0.15, 0.2) is 0 Å². The van der Waals surface area contributed by atoms with Crippen molar-refractivity contribution in [3.8, 4) is 5.75 Å². The number of methoxy groups -OCH3 is 1. The van der Waals surface area contributed by atoms with Crippen LogP contribution < -0.4 is 10.1 Å². The van der Waals surface area contributed by atoms with Crippen molar-refractivity contribution in [1.82, 2.24) is 9.80 Å². The Morgan fingerprint density at radius 3 is 2.65 bits per heavy atom. The molecule has 2 aliphatic rings. The molecule has 1 aliphatic heterocycles. The lowest BCUT2D eigenvalue weighted by atomic mass is 10.0.